The minimum Gasteiger partial charge on any atom is -0.488 e. The second kappa shape index (κ2) is 9.23. The molecule has 5 heteroatoms. The zero-order valence-electron chi connectivity index (χ0n) is 14.7. The molecule has 0 aromatic heterocycles. The number of rotatable bonds is 6. The first-order valence-electron chi connectivity index (χ1n) is 8.46. The van der Waals surface area contributed by atoms with Crippen molar-refractivity contribution < 1.29 is 9.53 Å². The average Bonchev–Trinajstić information content (AvgIpc) is 2.73. The lowest BCUT2D eigenvalue weighted by molar-refractivity contribution is 0.104. The topological polar surface area (TPSA) is 50.1 Å². The van der Waals surface area contributed by atoms with Gasteiger partial charge in [-0.25, -0.2) is 0 Å². The average molecular weight is 408 g/mol. The SMILES string of the molecule is N#C/C(=C\c1ccccc1OCc1ccc(Cl)c(Cl)c1)C(=O)c1ccccc1. The van der Waals surface area contributed by atoms with Crippen LogP contribution in [0, 0.1) is 11.3 Å². The van der Waals surface area contributed by atoms with E-state index in [2.05, 4.69) is 0 Å². The molecule has 0 amide bonds. The van der Waals surface area contributed by atoms with E-state index in [1.54, 1.807) is 54.6 Å². The maximum atomic E-state index is 12.6. The van der Waals surface area contributed by atoms with Gasteiger partial charge < -0.3 is 4.74 Å². The van der Waals surface area contributed by atoms with Crippen LogP contribution in [0.5, 0.6) is 5.75 Å². The third-order valence-corrected chi connectivity index (χ3v) is 4.74. The van der Waals surface area contributed by atoms with E-state index < -0.39 is 0 Å². The summed E-state index contributed by atoms with van der Waals surface area (Å²) >= 11 is 12.0. The van der Waals surface area contributed by atoms with Gasteiger partial charge in [0.15, 0.2) is 0 Å². The summed E-state index contributed by atoms with van der Waals surface area (Å²) in [5.41, 5.74) is 2.00. The highest BCUT2D eigenvalue weighted by Gasteiger charge is 2.13. The van der Waals surface area contributed by atoms with Gasteiger partial charge in [-0.15, -0.1) is 0 Å². The largest absolute Gasteiger partial charge is 0.488 e. The molecule has 0 saturated heterocycles. The summed E-state index contributed by atoms with van der Waals surface area (Å²) in [5, 5.41) is 10.4. The molecule has 28 heavy (non-hydrogen) atoms. The number of carbonyl (C=O) groups is 1. The van der Waals surface area contributed by atoms with Crippen molar-refractivity contribution in [1.82, 2.24) is 0 Å². The summed E-state index contributed by atoms with van der Waals surface area (Å²) in [6.07, 6.45) is 1.54. The number of allylic oxidation sites excluding steroid dienone is 1. The van der Waals surface area contributed by atoms with E-state index in [9.17, 15) is 10.1 Å². The van der Waals surface area contributed by atoms with Gasteiger partial charge in [0.2, 0.25) is 5.78 Å². The quantitative estimate of drug-likeness (QED) is 0.271. The fraction of sp³-hybridized carbons (Fsp3) is 0.0435. The molecule has 0 fully saturated rings. The lowest BCUT2D eigenvalue weighted by atomic mass is 10.0. The Bertz CT molecular complexity index is 1070. The number of ether oxygens (including phenoxy) is 1. The molecule has 138 valence electrons. The van der Waals surface area contributed by atoms with E-state index in [-0.39, 0.29) is 18.0 Å². The minimum absolute atomic E-state index is 0.0387. The van der Waals surface area contributed by atoms with Gasteiger partial charge in [0, 0.05) is 11.1 Å². The van der Waals surface area contributed by atoms with Gasteiger partial charge in [0.1, 0.15) is 24.0 Å². The number of hydrogen-bond donors (Lipinski definition) is 0. The maximum Gasteiger partial charge on any atom is 0.203 e. The second-order valence-corrected chi connectivity index (χ2v) is 6.75. The molecular weight excluding hydrogens is 393 g/mol. The van der Waals surface area contributed by atoms with Gasteiger partial charge in [0.25, 0.3) is 0 Å². The van der Waals surface area contributed by atoms with Crippen molar-refractivity contribution in [2.75, 3.05) is 0 Å². The van der Waals surface area contributed by atoms with Crippen LogP contribution < -0.4 is 4.74 Å². The first kappa shape index (κ1) is 19.7. The standard InChI is InChI=1S/C23H15Cl2NO2/c24-20-11-10-16(12-21(20)25)15-28-22-9-5-4-8-18(22)13-19(14-26)23(27)17-6-2-1-3-7-17/h1-13H,15H2/b19-13+. The van der Waals surface area contributed by atoms with Gasteiger partial charge >= 0.3 is 0 Å². The Morgan fingerprint density at radius 2 is 1.68 bits per heavy atom. The number of halogens is 2. The summed E-state index contributed by atoms with van der Waals surface area (Å²) < 4.78 is 5.88. The van der Waals surface area contributed by atoms with E-state index in [4.69, 9.17) is 27.9 Å². The molecule has 3 rings (SSSR count). The molecule has 0 aliphatic carbocycles. The number of nitrogens with zero attached hydrogens (tertiary/aromatic N) is 1. The van der Waals surface area contributed by atoms with Crippen molar-refractivity contribution in [1.29, 1.82) is 5.26 Å². The van der Waals surface area contributed by atoms with Gasteiger partial charge in [-0.3, -0.25) is 4.79 Å². The van der Waals surface area contributed by atoms with Gasteiger partial charge in [-0.05, 0) is 29.8 Å². The summed E-state index contributed by atoms with van der Waals surface area (Å²) in [6, 6.07) is 23.2. The van der Waals surface area contributed by atoms with Crippen molar-refractivity contribution in [2.24, 2.45) is 0 Å². The molecule has 0 heterocycles. The van der Waals surface area contributed by atoms with Crippen LogP contribution in [-0.2, 0) is 6.61 Å². The smallest absolute Gasteiger partial charge is 0.203 e. The zero-order chi connectivity index (χ0) is 19.9. The highest BCUT2D eigenvalue weighted by Crippen LogP contribution is 2.26. The summed E-state index contributed by atoms with van der Waals surface area (Å²) in [6.45, 7) is 0.274. The highest BCUT2D eigenvalue weighted by molar-refractivity contribution is 6.42. The molecule has 0 unspecified atom stereocenters. The Hall–Kier alpha value is -3.06. The number of nitriles is 1. The van der Waals surface area contributed by atoms with E-state index in [0.29, 0.717) is 26.9 Å². The summed E-state index contributed by atoms with van der Waals surface area (Å²) in [7, 11) is 0. The number of carbonyl (C=O) groups excluding carboxylic acids is 1. The fourth-order valence-electron chi connectivity index (χ4n) is 2.57. The first-order chi connectivity index (χ1) is 13.6. The Kier molecular flexibility index (Phi) is 6.49. The maximum absolute atomic E-state index is 12.6. The number of para-hydroxylation sites is 1. The number of hydrogen-bond acceptors (Lipinski definition) is 3. The normalized spacial score (nSPS) is 11.0. The summed E-state index contributed by atoms with van der Waals surface area (Å²) in [4.78, 5) is 12.6. The monoisotopic (exact) mass is 407 g/mol. The van der Waals surface area contributed by atoms with Crippen LogP contribution in [0.2, 0.25) is 10.0 Å². The Morgan fingerprint density at radius 3 is 2.39 bits per heavy atom. The molecule has 3 aromatic carbocycles. The van der Waals surface area contributed by atoms with Crippen LogP contribution in [0.3, 0.4) is 0 Å². The van der Waals surface area contributed by atoms with E-state index in [1.807, 2.05) is 30.3 Å². The highest BCUT2D eigenvalue weighted by atomic mass is 35.5. The molecule has 0 saturated carbocycles. The molecule has 3 nitrogen and oxygen atoms in total. The van der Waals surface area contributed by atoms with E-state index >= 15 is 0 Å². The number of benzene rings is 3. The molecular formula is C23H15Cl2NO2. The zero-order valence-corrected chi connectivity index (χ0v) is 16.2. The van der Waals surface area contributed by atoms with Crippen molar-refractivity contribution in [3.63, 3.8) is 0 Å². The predicted molar refractivity (Wildman–Crippen MR) is 112 cm³/mol. The molecule has 0 aliphatic rings. The van der Waals surface area contributed by atoms with Gasteiger partial charge in [-0.1, -0.05) is 77.8 Å². The molecule has 0 radical (unpaired) electrons. The Balaban J connectivity index is 1.84. The fourth-order valence-corrected chi connectivity index (χ4v) is 2.89. The van der Waals surface area contributed by atoms with Crippen molar-refractivity contribution in [3.05, 3.63) is 105 Å². The lowest BCUT2D eigenvalue weighted by Gasteiger charge is -2.10. The van der Waals surface area contributed by atoms with Gasteiger partial charge in [0.05, 0.1) is 10.0 Å². The molecule has 0 aliphatic heterocycles. The van der Waals surface area contributed by atoms with Crippen LogP contribution in [0.1, 0.15) is 21.5 Å². The summed E-state index contributed by atoms with van der Waals surface area (Å²) in [5.74, 6) is 0.226. The van der Waals surface area contributed by atoms with Crippen molar-refractivity contribution in [2.45, 2.75) is 6.61 Å². The second-order valence-electron chi connectivity index (χ2n) is 5.94. The van der Waals surface area contributed by atoms with E-state index in [1.165, 1.54) is 0 Å². The van der Waals surface area contributed by atoms with Crippen molar-refractivity contribution >= 4 is 35.1 Å². The van der Waals surface area contributed by atoms with Crippen molar-refractivity contribution in [3.8, 4) is 11.8 Å². The Labute approximate surface area is 173 Å². The lowest BCUT2D eigenvalue weighted by Crippen LogP contribution is -2.02. The van der Waals surface area contributed by atoms with Crippen LogP contribution in [0.15, 0.2) is 78.4 Å². The predicted octanol–water partition coefficient (Wildman–Crippen LogP) is 6.36. The molecule has 0 bridgehead atoms. The van der Waals surface area contributed by atoms with Crippen LogP contribution in [0.25, 0.3) is 6.08 Å². The molecule has 0 spiro atoms. The Morgan fingerprint density at radius 1 is 0.964 bits per heavy atom. The van der Waals surface area contributed by atoms with Crippen LogP contribution in [-0.4, -0.2) is 5.78 Å². The number of ketones is 1. The van der Waals surface area contributed by atoms with Crippen LogP contribution in [0.4, 0.5) is 0 Å². The molecule has 0 N–H and O–H groups in total. The molecule has 0 atom stereocenters. The minimum atomic E-state index is -0.331. The van der Waals surface area contributed by atoms with Gasteiger partial charge in [-0.2, -0.15) is 5.26 Å². The number of Topliss-reactive ketones (excluding diaryl/α,β-unsaturated/α-hetero) is 1. The molecule has 3 aromatic rings. The van der Waals surface area contributed by atoms with E-state index in [0.717, 1.165) is 5.56 Å². The van der Waals surface area contributed by atoms with Crippen LogP contribution >= 0.6 is 23.2 Å². The first-order valence-corrected chi connectivity index (χ1v) is 9.21. The third-order valence-electron chi connectivity index (χ3n) is 4.00. The third kappa shape index (κ3) is 4.80.